The summed E-state index contributed by atoms with van der Waals surface area (Å²) >= 11 is 5.59. The summed E-state index contributed by atoms with van der Waals surface area (Å²) in [6.07, 6.45) is 4.24. The maximum Gasteiger partial charge on any atom is 0.241 e. The van der Waals surface area contributed by atoms with Crippen molar-refractivity contribution < 1.29 is 4.79 Å². The number of carbonyl (C=O) groups is 1. The van der Waals surface area contributed by atoms with Gasteiger partial charge in [-0.25, -0.2) is 4.98 Å². The van der Waals surface area contributed by atoms with Crippen LogP contribution in [0.25, 0.3) is 6.08 Å². The minimum absolute atomic E-state index is 0.247. The Hall–Kier alpha value is -1.55. The Labute approximate surface area is 80.2 Å². The highest BCUT2D eigenvalue weighted by Crippen LogP contribution is 2.16. The van der Waals surface area contributed by atoms with Gasteiger partial charge in [0.05, 0.1) is 5.69 Å². The molecule has 0 radical (unpaired) electrons. The third kappa shape index (κ3) is 2.76. The zero-order valence-electron chi connectivity index (χ0n) is 6.70. The monoisotopic (exact) mass is 197 g/mol. The zero-order valence-corrected chi connectivity index (χ0v) is 7.45. The van der Waals surface area contributed by atoms with Gasteiger partial charge in [-0.3, -0.25) is 4.79 Å². The molecular weight excluding hydrogens is 190 g/mol. The van der Waals surface area contributed by atoms with Crippen LogP contribution in [0, 0.1) is 0 Å². The quantitative estimate of drug-likeness (QED) is 0.544. The lowest BCUT2D eigenvalue weighted by molar-refractivity contribution is -0.113. The van der Waals surface area contributed by atoms with Crippen LogP contribution in [0.1, 0.15) is 5.56 Å². The smallest absolute Gasteiger partial charge is 0.241 e. The van der Waals surface area contributed by atoms with Gasteiger partial charge < -0.3 is 11.5 Å². The number of pyridine rings is 1. The summed E-state index contributed by atoms with van der Waals surface area (Å²) in [5.74, 6) is -0.520. The van der Waals surface area contributed by atoms with Crippen LogP contribution in [0.4, 0.5) is 5.69 Å². The van der Waals surface area contributed by atoms with Gasteiger partial charge in [0.25, 0.3) is 0 Å². The number of carbonyl (C=O) groups excluding carboxylic acids is 1. The molecule has 1 aromatic rings. The molecule has 1 amide bonds. The van der Waals surface area contributed by atoms with E-state index in [1.165, 1.54) is 18.3 Å². The molecule has 0 aliphatic rings. The van der Waals surface area contributed by atoms with Crippen LogP contribution in [-0.4, -0.2) is 10.9 Å². The van der Waals surface area contributed by atoms with E-state index in [1.54, 1.807) is 6.07 Å². The van der Waals surface area contributed by atoms with Crippen LogP contribution in [0.15, 0.2) is 18.3 Å². The molecule has 0 saturated carbocycles. The topological polar surface area (TPSA) is 82.0 Å². The van der Waals surface area contributed by atoms with Crippen molar-refractivity contribution in [3.05, 3.63) is 29.1 Å². The summed E-state index contributed by atoms with van der Waals surface area (Å²) in [5, 5.41) is 0.247. The molecule has 4 N–H and O–H groups in total. The number of aromatic nitrogens is 1. The molecule has 0 bridgehead atoms. The number of hydrogen-bond donors (Lipinski definition) is 2. The van der Waals surface area contributed by atoms with Crippen LogP contribution in [0.2, 0.25) is 5.15 Å². The van der Waals surface area contributed by atoms with Crippen LogP contribution in [-0.2, 0) is 4.79 Å². The van der Waals surface area contributed by atoms with Crippen LogP contribution in [0.5, 0.6) is 0 Å². The average Bonchev–Trinajstić information content (AvgIpc) is 2.07. The summed E-state index contributed by atoms with van der Waals surface area (Å²) in [6, 6.07) is 1.61. The Bertz CT molecular complexity index is 362. The van der Waals surface area contributed by atoms with E-state index in [0.29, 0.717) is 11.3 Å². The normalized spacial score (nSPS) is 10.5. The molecule has 1 aromatic heterocycles. The lowest BCUT2D eigenvalue weighted by atomic mass is 10.2. The Morgan fingerprint density at radius 1 is 1.62 bits per heavy atom. The number of rotatable bonds is 2. The van der Waals surface area contributed by atoms with E-state index < -0.39 is 5.91 Å². The standard InChI is InChI=1S/C8H8ClN3O/c9-8-6(10)3-5(4-12-8)1-2-7(11)13/h1-4H,10H2,(H2,11,13). The predicted molar refractivity (Wildman–Crippen MR) is 51.9 cm³/mol. The molecule has 5 heteroatoms. The van der Waals surface area contributed by atoms with Crippen molar-refractivity contribution in [1.29, 1.82) is 0 Å². The highest BCUT2D eigenvalue weighted by Gasteiger charge is 1.96. The summed E-state index contributed by atoms with van der Waals surface area (Å²) in [5.41, 5.74) is 11.4. The predicted octanol–water partition coefficient (Wildman–Crippen LogP) is 0.816. The molecule has 0 aliphatic carbocycles. The van der Waals surface area contributed by atoms with Gasteiger partial charge in [-0.05, 0) is 17.7 Å². The summed E-state index contributed by atoms with van der Waals surface area (Å²) in [4.78, 5) is 14.2. The minimum Gasteiger partial charge on any atom is -0.396 e. The van der Waals surface area contributed by atoms with Crippen molar-refractivity contribution in [2.75, 3.05) is 5.73 Å². The van der Waals surface area contributed by atoms with Crippen LogP contribution in [0.3, 0.4) is 0 Å². The number of hydrogen-bond acceptors (Lipinski definition) is 3. The van der Waals surface area contributed by atoms with Crippen molar-refractivity contribution >= 4 is 29.3 Å². The largest absolute Gasteiger partial charge is 0.396 e. The highest BCUT2D eigenvalue weighted by atomic mass is 35.5. The number of nitrogen functional groups attached to an aromatic ring is 1. The average molecular weight is 198 g/mol. The number of amides is 1. The lowest BCUT2D eigenvalue weighted by Gasteiger charge is -1.97. The molecule has 0 aromatic carbocycles. The first kappa shape index (κ1) is 9.54. The number of nitrogens with zero attached hydrogens (tertiary/aromatic N) is 1. The van der Waals surface area contributed by atoms with Gasteiger partial charge in [-0.1, -0.05) is 11.6 Å². The number of primary amides is 1. The van der Waals surface area contributed by atoms with Crippen LogP contribution < -0.4 is 11.5 Å². The fourth-order valence-corrected chi connectivity index (χ4v) is 0.855. The first-order valence-corrected chi connectivity index (χ1v) is 3.86. The van der Waals surface area contributed by atoms with Gasteiger partial charge in [0.2, 0.25) is 5.91 Å². The fraction of sp³-hybridized carbons (Fsp3) is 0. The summed E-state index contributed by atoms with van der Waals surface area (Å²) in [7, 11) is 0. The van der Waals surface area contributed by atoms with Gasteiger partial charge in [0.1, 0.15) is 0 Å². The molecule has 0 fully saturated rings. The zero-order chi connectivity index (χ0) is 9.84. The van der Waals surface area contributed by atoms with Crippen molar-refractivity contribution in [2.45, 2.75) is 0 Å². The maximum atomic E-state index is 10.4. The van der Waals surface area contributed by atoms with Crippen molar-refractivity contribution in [1.82, 2.24) is 4.98 Å². The van der Waals surface area contributed by atoms with E-state index in [9.17, 15) is 4.79 Å². The molecule has 68 valence electrons. The van der Waals surface area contributed by atoms with Crippen molar-refractivity contribution in [2.24, 2.45) is 5.73 Å². The summed E-state index contributed by atoms with van der Waals surface area (Å²) in [6.45, 7) is 0. The van der Waals surface area contributed by atoms with E-state index in [-0.39, 0.29) is 5.15 Å². The third-order valence-corrected chi connectivity index (χ3v) is 1.64. The van der Waals surface area contributed by atoms with E-state index >= 15 is 0 Å². The molecule has 4 nitrogen and oxygen atoms in total. The Morgan fingerprint density at radius 2 is 2.31 bits per heavy atom. The minimum atomic E-state index is -0.520. The van der Waals surface area contributed by atoms with E-state index in [1.807, 2.05) is 0 Å². The third-order valence-electron chi connectivity index (χ3n) is 1.33. The van der Waals surface area contributed by atoms with E-state index in [4.69, 9.17) is 23.1 Å². The molecule has 1 heterocycles. The lowest BCUT2D eigenvalue weighted by Crippen LogP contribution is -2.05. The van der Waals surface area contributed by atoms with Crippen molar-refractivity contribution in [3.8, 4) is 0 Å². The highest BCUT2D eigenvalue weighted by molar-refractivity contribution is 6.31. The SMILES string of the molecule is NC(=O)C=Cc1cnc(Cl)c(N)c1. The number of nitrogens with two attached hydrogens (primary N) is 2. The Morgan fingerprint density at radius 3 is 2.85 bits per heavy atom. The molecule has 0 unspecified atom stereocenters. The van der Waals surface area contributed by atoms with Gasteiger partial charge >= 0.3 is 0 Å². The molecule has 1 rings (SSSR count). The van der Waals surface area contributed by atoms with E-state index in [2.05, 4.69) is 4.98 Å². The van der Waals surface area contributed by atoms with Gasteiger partial charge in [0, 0.05) is 12.3 Å². The van der Waals surface area contributed by atoms with Crippen LogP contribution >= 0.6 is 11.6 Å². The van der Waals surface area contributed by atoms with E-state index in [0.717, 1.165) is 0 Å². The molecule has 0 aliphatic heterocycles. The molecule has 13 heavy (non-hydrogen) atoms. The van der Waals surface area contributed by atoms with Gasteiger partial charge in [-0.2, -0.15) is 0 Å². The number of halogens is 1. The Kier molecular flexibility index (Phi) is 2.87. The molecule has 0 spiro atoms. The first-order valence-electron chi connectivity index (χ1n) is 3.48. The summed E-state index contributed by atoms with van der Waals surface area (Å²) < 4.78 is 0. The first-order chi connectivity index (χ1) is 6.09. The molecule has 0 saturated heterocycles. The molecular formula is C8H8ClN3O. The second-order valence-corrected chi connectivity index (χ2v) is 2.74. The fourth-order valence-electron chi connectivity index (χ4n) is 0.752. The second kappa shape index (κ2) is 3.91. The second-order valence-electron chi connectivity index (χ2n) is 2.38. The van der Waals surface area contributed by atoms with Gasteiger partial charge in [0.15, 0.2) is 5.15 Å². The van der Waals surface area contributed by atoms with Crippen molar-refractivity contribution in [3.63, 3.8) is 0 Å². The van der Waals surface area contributed by atoms with Gasteiger partial charge in [-0.15, -0.1) is 0 Å². The maximum absolute atomic E-state index is 10.4. The number of anilines is 1. The molecule has 0 atom stereocenters. The Balaban J connectivity index is 2.92.